The summed E-state index contributed by atoms with van der Waals surface area (Å²) in [6.07, 6.45) is 3.88. The zero-order valence-electron chi connectivity index (χ0n) is 11.2. The summed E-state index contributed by atoms with van der Waals surface area (Å²) in [4.78, 5) is 4.11. The maximum atomic E-state index is 12.8. The van der Waals surface area contributed by atoms with Gasteiger partial charge in [0, 0.05) is 19.3 Å². The van der Waals surface area contributed by atoms with Crippen LogP contribution in [0.5, 0.6) is 0 Å². The van der Waals surface area contributed by atoms with Crippen LogP contribution in [-0.4, -0.2) is 35.2 Å². The number of fused-ring (bicyclic) bond motifs is 1. The first kappa shape index (κ1) is 13.9. The molecule has 0 spiro atoms. The highest BCUT2D eigenvalue weighted by atomic mass is 35.5. The Hall–Kier alpha value is -1.11. The lowest BCUT2D eigenvalue weighted by atomic mass is 10.4. The number of rotatable bonds is 5. The van der Waals surface area contributed by atoms with Crippen molar-refractivity contribution in [2.24, 2.45) is 5.92 Å². The minimum absolute atomic E-state index is 0.0328. The van der Waals surface area contributed by atoms with Gasteiger partial charge in [-0.05, 0) is 30.9 Å². The number of hydrogen-bond donors (Lipinski definition) is 0. The molecule has 0 aliphatic heterocycles. The molecule has 1 aliphatic carbocycles. The van der Waals surface area contributed by atoms with Gasteiger partial charge in [-0.15, -0.1) is 0 Å². The fourth-order valence-corrected chi connectivity index (χ4v) is 4.41. The summed E-state index contributed by atoms with van der Waals surface area (Å²) in [5.74, 6) is 0.489. The quantitative estimate of drug-likeness (QED) is 0.851. The predicted octanol–water partition coefficient (Wildman–Crippen LogP) is 2.41. The summed E-state index contributed by atoms with van der Waals surface area (Å²) in [7, 11) is -3.62. The lowest BCUT2D eigenvalue weighted by Crippen LogP contribution is -2.33. The van der Waals surface area contributed by atoms with Gasteiger partial charge < -0.3 is 0 Å². The molecule has 108 valence electrons. The van der Waals surface area contributed by atoms with Crippen molar-refractivity contribution >= 4 is 27.3 Å². The highest BCUT2D eigenvalue weighted by molar-refractivity contribution is 7.89. The minimum atomic E-state index is -3.62. The van der Waals surface area contributed by atoms with Crippen LogP contribution in [0.4, 0.5) is 0 Å². The maximum absolute atomic E-state index is 12.8. The van der Waals surface area contributed by atoms with E-state index < -0.39 is 10.0 Å². The highest BCUT2D eigenvalue weighted by Crippen LogP contribution is 2.33. The molecular formula is C13H16ClN3O2S. The van der Waals surface area contributed by atoms with Crippen LogP contribution in [0.1, 0.15) is 19.8 Å². The summed E-state index contributed by atoms with van der Waals surface area (Å²) in [6, 6.07) is 5.31. The molecular weight excluding hydrogens is 298 g/mol. The van der Waals surface area contributed by atoms with E-state index >= 15 is 0 Å². The van der Waals surface area contributed by atoms with E-state index in [9.17, 15) is 8.42 Å². The molecule has 20 heavy (non-hydrogen) atoms. The van der Waals surface area contributed by atoms with E-state index in [1.54, 1.807) is 24.4 Å². The third-order valence-electron chi connectivity index (χ3n) is 3.54. The number of nitrogens with zero attached hydrogens (tertiary/aromatic N) is 3. The topological polar surface area (TPSA) is 54.7 Å². The van der Waals surface area contributed by atoms with Gasteiger partial charge in [0.1, 0.15) is 5.65 Å². The van der Waals surface area contributed by atoms with E-state index in [0.29, 0.717) is 24.7 Å². The van der Waals surface area contributed by atoms with Gasteiger partial charge in [-0.2, -0.15) is 4.31 Å². The van der Waals surface area contributed by atoms with Crippen LogP contribution in [0.25, 0.3) is 5.65 Å². The third kappa shape index (κ3) is 2.32. The number of aromatic nitrogens is 2. The third-order valence-corrected chi connectivity index (χ3v) is 5.88. The summed E-state index contributed by atoms with van der Waals surface area (Å²) in [6.45, 7) is 2.85. The van der Waals surface area contributed by atoms with Crippen LogP contribution in [-0.2, 0) is 10.0 Å². The van der Waals surface area contributed by atoms with Gasteiger partial charge in [0.2, 0.25) is 0 Å². The van der Waals surface area contributed by atoms with E-state index in [2.05, 4.69) is 4.98 Å². The summed E-state index contributed by atoms with van der Waals surface area (Å²) in [5, 5.41) is 0.0997. The molecule has 5 nitrogen and oxygen atoms in total. The molecule has 1 saturated carbocycles. The van der Waals surface area contributed by atoms with Crippen molar-refractivity contribution in [3.05, 3.63) is 29.5 Å². The monoisotopic (exact) mass is 313 g/mol. The number of imidazole rings is 1. The van der Waals surface area contributed by atoms with Crippen LogP contribution in [0, 0.1) is 5.92 Å². The number of pyridine rings is 1. The molecule has 1 aliphatic rings. The molecule has 3 rings (SSSR count). The van der Waals surface area contributed by atoms with Crippen molar-refractivity contribution in [1.29, 1.82) is 0 Å². The summed E-state index contributed by atoms with van der Waals surface area (Å²) in [5.41, 5.74) is 0.540. The summed E-state index contributed by atoms with van der Waals surface area (Å²) >= 11 is 6.07. The van der Waals surface area contributed by atoms with Crippen LogP contribution in [0.2, 0.25) is 5.15 Å². The lowest BCUT2D eigenvalue weighted by molar-refractivity contribution is 0.409. The van der Waals surface area contributed by atoms with Crippen LogP contribution in [0.3, 0.4) is 0 Å². The lowest BCUT2D eigenvalue weighted by Gasteiger charge is -2.20. The molecule has 0 unspecified atom stereocenters. The predicted molar refractivity (Wildman–Crippen MR) is 77.4 cm³/mol. The second kappa shape index (κ2) is 5.02. The zero-order valence-corrected chi connectivity index (χ0v) is 12.7. The number of sulfonamides is 1. The normalized spacial score (nSPS) is 16.1. The Bertz CT molecular complexity index is 737. The molecule has 0 N–H and O–H groups in total. The largest absolute Gasteiger partial charge is 0.288 e. The van der Waals surface area contributed by atoms with Crippen LogP contribution < -0.4 is 0 Å². The van der Waals surface area contributed by atoms with E-state index in [1.165, 1.54) is 8.71 Å². The van der Waals surface area contributed by atoms with Crippen molar-refractivity contribution < 1.29 is 8.42 Å². The second-order valence-electron chi connectivity index (χ2n) is 5.04. The van der Waals surface area contributed by atoms with E-state index in [0.717, 1.165) is 12.8 Å². The van der Waals surface area contributed by atoms with Crippen molar-refractivity contribution in [1.82, 2.24) is 13.7 Å². The van der Waals surface area contributed by atoms with Gasteiger partial charge in [0.25, 0.3) is 10.0 Å². The fourth-order valence-electron chi connectivity index (χ4n) is 2.28. The molecule has 1 fully saturated rings. The van der Waals surface area contributed by atoms with E-state index in [-0.39, 0.29) is 10.2 Å². The Labute approximate surface area is 123 Å². The van der Waals surface area contributed by atoms with Crippen LogP contribution in [0.15, 0.2) is 29.4 Å². The molecule has 2 heterocycles. The SMILES string of the molecule is CCN(CC1CC1)S(=O)(=O)c1c(Cl)nc2ccccn12. The van der Waals surface area contributed by atoms with Gasteiger partial charge >= 0.3 is 0 Å². The van der Waals surface area contributed by atoms with Crippen molar-refractivity contribution in [2.75, 3.05) is 13.1 Å². The molecule has 0 bridgehead atoms. The van der Waals surface area contributed by atoms with E-state index in [1.807, 2.05) is 6.92 Å². The van der Waals surface area contributed by atoms with Gasteiger partial charge in [-0.25, -0.2) is 13.4 Å². The zero-order chi connectivity index (χ0) is 14.3. The first-order valence-electron chi connectivity index (χ1n) is 6.66. The Morgan fingerprint density at radius 1 is 1.45 bits per heavy atom. The molecule has 2 aromatic rings. The smallest absolute Gasteiger partial charge is 0.262 e. The Kier molecular flexibility index (Phi) is 3.48. The van der Waals surface area contributed by atoms with Crippen molar-refractivity contribution in [3.63, 3.8) is 0 Å². The van der Waals surface area contributed by atoms with Gasteiger partial charge in [-0.3, -0.25) is 4.40 Å². The van der Waals surface area contributed by atoms with Crippen LogP contribution >= 0.6 is 11.6 Å². The molecule has 0 saturated heterocycles. The van der Waals surface area contributed by atoms with Crippen molar-refractivity contribution in [3.8, 4) is 0 Å². The minimum Gasteiger partial charge on any atom is -0.288 e. The van der Waals surface area contributed by atoms with Gasteiger partial charge in [-0.1, -0.05) is 24.6 Å². The fraction of sp³-hybridized carbons (Fsp3) is 0.462. The first-order chi connectivity index (χ1) is 9.54. The standard InChI is InChI=1S/C13H16ClN3O2S/c1-2-16(9-10-6-7-10)20(18,19)13-12(14)15-11-5-3-4-8-17(11)13/h3-5,8,10H,2,6-7,9H2,1H3. The average molecular weight is 314 g/mol. The van der Waals surface area contributed by atoms with E-state index in [4.69, 9.17) is 11.6 Å². The Morgan fingerprint density at radius 3 is 2.85 bits per heavy atom. The average Bonchev–Trinajstić information content (AvgIpc) is 3.15. The second-order valence-corrected chi connectivity index (χ2v) is 7.25. The first-order valence-corrected chi connectivity index (χ1v) is 8.48. The molecule has 0 atom stereocenters. The Morgan fingerprint density at radius 2 is 2.20 bits per heavy atom. The number of hydrogen-bond acceptors (Lipinski definition) is 3. The molecule has 0 radical (unpaired) electrons. The molecule has 0 aromatic carbocycles. The number of halogens is 1. The van der Waals surface area contributed by atoms with Gasteiger partial charge in [0.05, 0.1) is 0 Å². The van der Waals surface area contributed by atoms with Crippen molar-refractivity contribution in [2.45, 2.75) is 24.8 Å². The molecule has 7 heteroatoms. The van der Waals surface area contributed by atoms with Gasteiger partial charge in [0.15, 0.2) is 10.2 Å². The highest BCUT2D eigenvalue weighted by Gasteiger charge is 2.34. The molecule has 0 amide bonds. The Balaban J connectivity index is 2.09. The maximum Gasteiger partial charge on any atom is 0.262 e. The molecule has 2 aromatic heterocycles. The summed E-state index contributed by atoms with van der Waals surface area (Å²) < 4.78 is 28.6.